The van der Waals surface area contributed by atoms with Crippen molar-refractivity contribution in [2.45, 2.75) is 24.9 Å². The second kappa shape index (κ2) is 3.82. The van der Waals surface area contributed by atoms with Crippen molar-refractivity contribution in [1.29, 1.82) is 0 Å². The topological polar surface area (TPSA) is 16.4 Å². The largest absolute Gasteiger partial charge is 0.314 e. The Morgan fingerprint density at radius 3 is 2.67 bits per heavy atom. The van der Waals surface area contributed by atoms with Crippen molar-refractivity contribution in [3.05, 3.63) is 39.9 Å². The first kappa shape index (κ1) is 10.4. The molecule has 0 radical (unpaired) electrons. The number of nitrogens with zero attached hydrogens (tertiary/aromatic N) is 1. The Balaban J connectivity index is 2.18. The molecule has 2 rings (SSSR count). The van der Waals surface area contributed by atoms with Crippen molar-refractivity contribution in [2.75, 3.05) is 5.32 Å². The molecule has 0 aromatic heterocycles. The van der Waals surface area contributed by atoms with Gasteiger partial charge >= 0.3 is 5.66 Å². The molecule has 1 N–H and O–H groups in total. The van der Waals surface area contributed by atoms with E-state index in [9.17, 15) is 4.39 Å². The zero-order valence-electron chi connectivity index (χ0n) is 8.06. The van der Waals surface area contributed by atoms with Crippen LogP contribution in [-0.2, 0) is 0 Å². The summed E-state index contributed by atoms with van der Waals surface area (Å²) in [5.74, 6) is -0.306. The van der Waals surface area contributed by atoms with E-state index in [1.54, 1.807) is 12.1 Å². The number of halogens is 2. The average molecular weight is 269 g/mol. The monoisotopic (exact) mass is 268 g/mol. The van der Waals surface area contributed by atoms with Gasteiger partial charge in [-0.3, -0.25) is 4.85 Å². The Morgan fingerprint density at radius 1 is 1.47 bits per heavy atom. The average Bonchev–Trinajstić information content (AvgIpc) is 2.17. The molecular weight excluding hydrogens is 259 g/mol. The van der Waals surface area contributed by atoms with E-state index in [4.69, 9.17) is 6.57 Å². The van der Waals surface area contributed by atoms with E-state index in [1.807, 2.05) is 0 Å². The molecule has 0 aliphatic heterocycles. The molecule has 0 bridgehead atoms. The van der Waals surface area contributed by atoms with Gasteiger partial charge in [0.1, 0.15) is 5.82 Å². The molecule has 78 valence electrons. The lowest BCUT2D eigenvalue weighted by Crippen LogP contribution is -2.41. The minimum absolute atomic E-state index is 0.306. The van der Waals surface area contributed by atoms with Gasteiger partial charge in [-0.05, 0) is 40.5 Å². The van der Waals surface area contributed by atoms with Crippen molar-refractivity contribution < 1.29 is 4.39 Å². The molecule has 1 aliphatic rings. The summed E-state index contributed by atoms with van der Waals surface area (Å²) in [4.78, 5) is 3.58. The summed E-state index contributed by atoms with van der Waals surface area (Å²) in [6, 6.07) is 4.84. The maximum Gasteiger partial charge on any atom is 0.305 e. The first-order chi connectivity index (χ1) is 7.15. The van der Waals surface area contributed by atoms with Gasteiger partial charge in [0.05, 0.1) is 4.47 Å². The van der Waals surface area contributed by atoms with Crippen LogP contribution in [0.3, 0.4) is 0 Å². The predicted octanol–water partition coefficient (Wildman–Crippen LogP) is 3.80. The Hall–Kier alpha value is -1.08. The zero-order chi connectivity index (χ0) is 10.9. The van der Waals surface area contributed by atoms with E-state index < -0.39 is 5.66 Å². The van der Waals surface area contributed by atoms with Gasteiger partial charge in [-0.2, -0.15) is 0 Å². The van der Waals surface area contributed by atoms with Crippen LogP contribution in [0.2, 0.25) is 0 Å². The van der Waals surface area contributed by atoms with Gasteiger partial charge in [-0.15, -0.1) is 0 Å². The summed E-state index contributed by atoms with van der Waals surface area (Å²) in [5.41, 5.74) is 0.187. The molecule has 1 aromatic rings. The minimum Gasteiger partial charge on any atom is -0.314 e. The van der Waals surface area contributed by atoms with Crippen LogP contribution in [0.4, 0.5) is 10.1 Å². The number of hydrogen-bond donors (Lipinski definition) is 1. The van der Waals surface area contributed by atoms with Crippen LogP contribution in [0.25, 0.3) is 4.85 Å². The van der Waals surface area contributed by atoms with Crippen LogP contribution < -0.4 is 5.32 Å². The van der Waals surface area contributed by atoms with Crippen LogP contribution in [0.15, 0.2) is 22.7 Å². The highest BCUT2D eigenvalue weighted by Crippen LogP contribution is 2.36. The quantitative estimate of drug-likeness (QED) is 0.808. The van der Waals surface area contributed by atoms with Gasteiger partial charge in [0.2, 0.25) is 0 Å². The smallest absolute Gasteiger partial charge is 0.305 e. The maximum absolute atomic E-state index is 13.2. The highest BCUT2D eigenvalue weighted by atomic mass is 79.9. The van der Waals surface area contributed by atoms with Crippen molar-refractivity contribution in [3.8, 4) is 0 Å². The summed E-state index contributed by atoms with van der Waals surface area (Å²) in [7, 11) is 0. The van der Waals surface area contributed by atoms with Gasteiger partial charge in [0.15, 0.2) is 0 Å². The third kappa shape index (κ3) is 1.98. The van der Waals surface area contributed by atoms with Crippen molar-refractivity contribution in [3.63, 3.8) is 0 Å². The van der Waals surface area contributed by atoms with Gasteiger partial charge in [-0.25, -0.2) is 11.0 Å². The molecule has 4 heteroatoms. The zero-order valence-corrected chi connectivity index (χ0v) is 9.64. The molecule has 0 saturated heterocycles. The van der Waals surface area contributed by atoms with Gasteiger partial charge in [0, 0.05) is 18.5 Å². The normalized spacial score (nSPS) is 17.7. The predicted molar refractivity (Wildman–Crippen MR) is 60.9 cm³/mol. The second-order valence-electron chi connectivity index (χ2n) is 3.75. The van der Waals surface area contributed by atoms with Gasteiger partial charge < -0.3 is 5.32 Å². The van der Waals surface area contributed by atoms with Crippen molar-refractivity contribution >= 4 is 21.6 Å². The van der Waals surface area contributed by atoms with Crippen molar-refractivity contribution in [1.82, 2.24) is 0 Å². The summed E-state index contributed by atoms with van der Waals surface area (Å²) in [5, 5.41) is 3.09. The molecule has 0 heterocycles. The van der Waals surface area contributed by atoms with E-state index in [1.165, 1.54) is 6.07 Å². The Bertz CT molecular complexity index is 421. The maximum atomic E-state index is 13.2. The number of hydrogen-bond acceptors (Lipinski definition) is 1. The molecule has 0 spiro atoms. The lowest BCUT2D eigenvalue weighted by molar-refractivity contribution is 0.343. The Kier molecular flexibility index (Phi) is 2.66. The fourth-order valence-electron chi connectivity index (χ4n) is 1.62. The lowest BCUT2D eigenvalue weighted by Gasteiger charge is -2.31. The molecular formula is C11H10BrFN2. The standard InChI is InChI=1S/C11H10BrFN2/c1-14-11(5-2-6-11)15-8-3-4-9(12)10(13)7-8/h3-4,7,15H,2,5-6H2. The highest BCUT2D eigenvalue weighted by molar-refractivity contribution is 9.10. The molecule has 0 amide bonds. The SMILES string of the molecule is [C-]#[N+]C1(Nc2ccc(Br)c(F)c2)CCC1. The minimum atomic E-state index is -0.486. The Labute approximate surface area is 96.4 Å². The molecule has 2 nitrogen and oxygen atoms in total. The number of anilines is 1. The first-order valence-corrected chi connectivity index (χ1v) is 5.56. The van der Waals surface area contributed by atoms with Crippen LogP contribution in [0.1, 0.15) is 19.3 Å². The summed E-state index contributed by atoms with van der Waals surface area (Å²) < 4.78 is 13.7. The molecule has 1 aromatic carbocycles. The van der Waals surface area contributed by atoms with Gasteiger partial charge in [0.25, 0.3) is 0 Å². The van der Waals surface area contributed by atoms with Crippen LogP contribution in [-0.4, -0.2) is 5.66 Å². The van der Waals surface area contributed by atoms with E-state index in [0.29, 0.717) is 10.2 Å². The fraction of sp³-hybridized carbons (Fsp3) is 0.364. The number of benzene rings is 1. The van der Waals surface area contributed by atoms with E-state index >= 15 is 0 Å². The fourth-order valence-corrected chi connectivity index (χ4v) is 1.87. The lowest BCUT2D eigenvalue weighted by atomic mass is 9.85. The summed E-state index contributed by atoms with van der Waals surface area (Å²) in [6.45, 7) is 7.11. The molecule has 0 atom stereocenters. The first-order valence-electron chi connectivity index (χ1n) is 4.77. The van der Waals surface area contributed by atoms with Crippen molar-refractivity contribution in [2.24, 2.45) is 0 Å². The van der Waals surface area contributed by atoms with E-state index in [2.05, 4.69) is 26.1 Å². The van der Waals surface area contributed by atoms with Crippen LogP contribution in [0, 0.1) is 12.4 Å². The third-order valence-electron chi connectivity index (χ3n) is 2.69. The van der Waals surface area contributed by atoms with E-state index in [0.717, 1.165) is 19.3 Å². The highest BCUT2D eigenvalue weighted by Gasteiger charge is 2.43. The summed E-state index contributed by atoms with van der Waals surface area (Å²) in [6.07, 6.45) is 2.75. The van der Waals surface area contributed by atoms with Crippen LogP contribution >= 0.6 is 15.9 Å². The second-order valence-corrected chi connectivity index (χ2v) is 4.61. The summed E-state index contributed by atoms with van der Waals surface area (Å²) >= 11 is 3.09. The third-order valence-corrected chi connectivity index (χ3v) is 3.33. The molecule has 1 fully saturated rings. The van der Waals surface area contributed by atoms with Gasteiger partial charge in [-0.1, -0.05) is 0 Å². The van der Waals surface area contributed by atoms with E-state index in [-0.39, 0.29) is 5.82 Å². The molecule has 1 saturated carbocycles. The Morgan fingerprint density at radius 2 is 2.20 bits per heavy atom. The molecule has 15 heavy (non-hydrogen) atoms. The number of rotatable bonds is 2. The molecule has 1 aliphatic carbocycles. The molecule has 0 unspecified atom stereocenters. The number of nitrogens with one attached hydrogen (secondary N) is 1. The van der Waals surface area contributed by atoms with Crippen LogP contribution in [0.5, 0.6) is 0 Å².